The predicted molar refractivity (Wildman–Crippen MR) is 189 cm³/mol. The molecule has 1 fully saturated rings. The Morgan fingerprint density at radius 3 is 2.33 bits per heavy atom. The number of methoxy groups -OCH3 is 1. The van der Waals surface area contributed by atoms with Gasteiger partial charge in [-0.3, -0.25) is 19.0 Å². The summed E-state index contributed by atoms with van der Waals surface area (Å²) in [4.78, 5) is 56.3. The van der Waals surface area contributed by atoms with Gasteiger partial charge in [0.15, 0.2) is 19.7 Å². The third-order valence-corrected chi connectivity index (χ3v) is 12.4. The first-order valence-corrected chi connectivity index (χ1v) is 19.6. The second kappa shape index (κ2) is 13.8. The number of hydrogen-bond donors (Lipinski definition) is 2. The molecule has 11 heteroatoms. The highest BCUT2D eigenvalue weighted by molar-refractivity contribution is 6.71. The standard InChI is InChI=1S/C38H43N3O7Si/c1-26-35(49(3,4)46)33(23-34(43)39(21-22-42)24-27-11-6-5-7-12-27)48-38(26)30-13-8-9-14-31(30)41(37(38)45)25-28-16-18-29(19-17-28)40-20-10-15-32(47-2)36(40)44/h5-20,26,33,35,42,46H,21-25H2,1-4H3/t26-,33+,35-,38+/m0/s1. The Kier molecular flexibility index (Phi) is 9.63. The lowest BCUT2D eigenvalue weighted by Crippen LogP contribution is -2.46. The number of amides is 2. The fourth-order valence-electron chi connectivity index (χ4n) is 7.68. The number of anilines is 1. The lowest BCUT2D eigenvalue weighted by molar-refractivity contribution is -0.150. The molecule has 0 saturated carbocycles. The third-order valence-electron chi connectivity index (χ3n) is 9.89. The monoisotopic (exact) mass is 681 g/mol. The first-order chi connectivity index (χ1) is 23.5. The van der Waals surface area contributed by atoms with Crippen LogP contribution in [0.15, 0.2) is 102 Å². The fourth-order valence-corrected chi connectivity index (χ4v) is 10.2. The molecule has 2 aliphatic heterocycles. The van der Waals surface area contributed by atoms with Crippen LogP contribution in [0.1, 0.15) is 30.0 Å². The first kappa shape index (κ1) is 34.3. The van der Waals surface area contributed by atoms with Crippen LogP contribution in [0.3, 0.4) is 0 Å². The molecular weight excluding hydrogens is 639 g/mol. The highest BCUT2D eigenvalue weighted by atomic mass is 28.4. The van der Waals surface area contributed by atoms with Gasteiger partial charge in [-0.1, -0.05) is 67.6 Å². The van der Waals surface area contributed by atoms with Crippen molar-refractivity contribution in [3.05, 3.63) is 124 Å². The molecule has 10 nitrogen and oxygen atoms in total. The van der Waals surface area contributed by atoms with Gasteiger partial charge in [0, 0.05) is 42.0 Å². The van der Waals surface area contributed by atoms with Crippen molar-refractivity contribution in [2.75, 3.05) is 25.2 Å². The minimum atomic E-state index is -2.99. The van der Waals surface area contributed by atoms with Crippen LogP contribution in [0, 0.1) is 5.92 Å². The second-order valence-electron chi connectivity index (χ2n) is 13.4. The van der Waals surface area contributed by atoms with Gasteiger partial charge in [0.05, 0.1) is 38.5 Å². The van der Waals surface area contributed by atoms with E-state index in [4.69, 9.17) is 9.47 Å². The maximum absolute atomic E-state index is 14.7. The summed E-state index contributed by atoms with van der Waals surface area (Å²) < 4.78 is 13.5. The summed E-state index contributed by atoms with van der Waals surface area (Å²) in [5, 5.41) is 9.79. The van der Waals surface area contributed by atoms with E-state index in [0.717, 1.165) is 22.4 Å². The van der Waals surface area contributed by atoms with Crippen molar-refractivity contribution in [2.24, 2.45) is 5.92 Å². The zero-order chi connectivity index (χ0) is 34.9. The lowest BCUT2D eigenvalue weighted by Gasteiger charge is -2.32. The Balaban J connectivity index is 1.29. The number of aromatic nitrogens is 1. The number of ether oxygens (including phenoxy) is 2. The second-order valence-corrected chi connectivity index (χ2v) is 17.4. The summed E-state index contributed by atoms with van der Waals surface area (Å²) in [6.07, 6.45) is 0.946. The van der Waals surface area contributed by atoms with Gasteiger partial charge in [-0.25, -0.2) is 0 Å². The highest BCUT2D eigenvalue weighted by Crippen LogP contribution is 2.59. The van der Waals surface area contributed by atoms with E-state index in [9.17, 15) is 24.3 Å². The van der Waals surface area contributed by atoms with E-state index in [1.54, 1.807) is 28.1 Å². The van der Waals surface area contributed by atoms with E-state index < -0.39 is 31.5 Å². The van der Waals surface area contributed by atoms with Crippen molar-refractivity contribution in [3.8, 4) is 11.4 Å². The van der Waals surface area contributed by atoms with Crippen molar-refractivity contribution >= 4 is 25.8 Å². The average molecular weight is 682 g/mol. The predicted octanol–water partition coefficient (Wildman–Crippen LogP) is 4.60. The molecule has 1 aromatic heterocycles. The summed E-state index contributed by atoms with van der Waals surface area (Å²) in [7, 11) is -1.53. The zero-order valence-corrected chi connectivity index (χ0v) is 29.3. The quantitative estimate of drug-likeness (QED) is 0.222. The van der Waals surface area contributed by atoms with E-state index in [0.29, 0.717) is 12.2 Å². The summed E-state index contributed by atoms with van der Waals surface area (Å²) in [5.74, 6) is -0.616. The smallest absolute Gasteiger partial charge is 0.297 e. The van der Waals surface area contributed by atoms with E-state index in [1.807, 2.05) is 98.9 Å². The zero-order valence-electron chi connectivity index (χ0n) is 28.3. The van der Waals surface area contributed by atoms with Gasteiger partial charge in [0.2, 0.25) is 5.91 Å². The van der Waals surface area contributed by atoms with Crippen LogP contribution in [0.5, 0.6) is 5.75 Å². The molecule has 49 heavy (non-hydrogen) atoms. The molecule has 0 unspecified atom stereocenters. The summed E-state index contributed by atoms with van der Waals surface area (Å²) in [6, 6.07) is 28.0. The van der Waals surface area contributed by atoms with Crippen LogP contribution >= 0.6 is 0 Å². The average Bonchev–Trinajstić information content (AvgIpc) is 3.51. The Labute approximate surface area is 287 Å². The van der Waals surface area contributed by atoms with Crippen molar-refractivity contribution in [1.29, 1.82) is 0 Å². The number of aliphatic hydroxyl groups is 1. The van der Waals surface area contributed by atoms with Crippen LogP contribution in [0.4, 0.5) is 5.69 Å². The molecule has 2 aliphatic rings. The molecular formula is C38H43N3O7Si. The number of carbonyl (C=O) groups excluding carboxylic acids is 2. The SMILES string of the molecule is COc1cccn(-c2ccc(CN3C(=O)[C@]4(O[C@H](CC(=O)N(CCO)Cc5ccccc5)[C@@H]([Si](C)(C)O)[C@@H]4C)c4ccccc43)cc2)c1=O. The van der Waals surface area contributed by atoms with Crippen LogP contribution < -0.4 is 15.2 Å². The molecule has 1 spiro atoms. The highest BCUT2D eigenvalue weighted by Gasteiger charge is 2.66. The summed E-state index contributed by atoms with van der Waals surface area (Å²) >= 11 is 0. The first-order valence-electron chi connectivity index (χ1n) is 16.6. The van der Waals surface area contributed by atoms with Crippen molar-refractivity contribution in [2.45, 2.75) is 56.8 Å². The maximum Gasteiger partial charge on any atom is 0.297 e. The Bertz CT molecular complexity index is 1870. The van der Waals surface area contributed by atoms with Crippen LogP contribution in [0.2, 0.25) is 18.6 Å². The Morgan fingerprint density at radius 1 is 0.959 bits per heavy atom. The van der Waals surface area contributed by atoms with Crippen molar-refractivity contribution < 1.29 is 29.0 Å². The fraction of sp³-hybridized carbons (Fsp3) is 0.342. The molecule has 4 atom stereocenters. The lowest BCUT2D eigenvalue weighted by atomic mass is 9.82. The van der Waals surface area contributed by atoms with E-state index in [1.165, 1.54) is 11.7 Å². The van der Waals surface area contributed by atoms with Crippen molar-refractivity contribution in [3.63, 3.8) is 0 Å². The number of pyridine rings is 1. The number of para-hydroxylation sites is 1. The molecule has 6 rings (SSSR count). The normalized spacial score (nSPS) is 21.6. The topological polar surface area (TPSA) is 122 Å². The molecule has 1 saturated heterocycles. The molecule has 2 N–H and O–H groups in total. The van der Waals surface area contributed by atoms with Gasteiger partial charge in [-0.2, -0.15) is 0 Å². The van der Waals surface area contributed by atoms with Crippen LogP contribution in [0.25, 0.3) is 5.69 Å². The molecule has 0 bridgehead atoms. The van der Waals surface area contributed by atoms with E-state index in [2.05, 4.69) is 0 Å². The minimum absolute atomic E-state index is 0.0267. The molecule has 256 valence electrons. The number of fused-ring (bicyclic) bond motifs is 2. The van der Waals surface area contributed by atoms with Gasteiger partial charge in [-0.05, 0) is 54.6 Å². The van der Waals surface area contributed by atoms with E-state index in [-0.39, 0.29) is 49.2 Å². The number of rotatable bonds is 11. The number of carbonyl (C=O) groups is 2. The minimum Gasteiger partial charge on any atom is -0.491 e. The molecule has 0 aliphatic carbocycles. The maximum atomic E-state index is 14.7. The van der Waals surface area contributed by atoms with Gasteiger partial charge in [0.1, 0.15) is 0 Å². The number of benzene rings is 3. The number of hydrogen-bond acceptors (Lipinski definition) is 7. The van der Waals surface area contributed by atoms with Crippen LogP contribution in [-0.2, 0) is 33.0 Å². The Morgan fingerprint density at radius 2 is 1.65 bits per heavy atom. The molecule has 3 aromatic carbocycles. The third kappa shape index (κ3) is 6.35. The van der Waals surface area contributed by atoms with Crippen LogP contribution in [-0.4, -0.2) is 65.9 Å². The largest absolute Gasteiger partial charge is 0.491 e. The van der Waals surface area contributed by atoms with Gasteiger partial charge >= 0.3 is 0 Å². The molecule has 3 heterocycles. The summed E-state index contributed by atoms with van der Waals surface area (Å²) in [5.41, 5.74) is 1.84. The summed E-state index contributed by atoms with van der Waals surface area (Å²) in [6.45, 7) is 6.19. The molecule has 2 amide bonds. The van der Waals surface area contributed by atoms with Gasteiger partial charge < -0.3 is 29.2 Å². The Hall–Kier alpha value is -4.55. The molecule has 0 radical (unpaired) electrons. The molecule has 4 aromatic rings. The van der Waals surface area contributed by atoms with Gasteiger partial charge in [-0.15, -0.1) is 0 Å². The van der Waals surface area contributed by atoms with E-state index >= 15 is 0 Å². The number of aliphatic hydroxyl groups excluding tert-OH is 1. The number of nitrogens with zero attached hydrogens (tertiary/aromatic N) is 3. The van der Waals surface area contributed by atoms with Crippen molar-refractivity contribution in [1.82, 2.24) is 9.47 Å². The van der Waals surface area contributed by atoms with Gasteiger partial charge in [0.25, 0.3) is 11.5 Å².